The minimum atomic E-state index is -3.27. The first kappa shape index (κ1) is 24.0. The lowest BCUT2D eigenvalue weighted by atomic mass is 9.79. The average molecular weight is 489 g/mol. The molecule has 0 bridgehead atoms. The average Bonchev–Trinajstić information content (AvgIpc) is 3.22. The fourth-order valence-electron chi connectivity index (χ4n) is 5.55. The van der Waals surface area contributed by atoms with E-state index in [9.17, 15) is 28.2 Å². The maximum Gasteiger partial charge on any atom is 0.353 e. The van der Waals surface area contributed by atoms with Gasteiger partial charge in [-0.3, -0.25) is 4.79 Å². The number of sulfonamides is 1. The number of fused-ring (bicyclic) bond motifs is 1. The molecule has 4 aliphatic heterocycles. The molecule has 0 saturated carbocycles. The number of carbonyl (C=O) groups excluding carboxylic acids is 1. The van der Waals surface area contributed by atoms with E-state index in [4.69, 9.17) is 0 Å². The fourth-order valence-corrected chi connectivity index (χ4v) is 8.17. The van der Waals surface area contributed by atoms with Crippen molar-refractivity contribution >= 4 is 33.7 Å². The molecule has 4 aliphatic rings. The number of carbonyl (C=O) groups is 2. The number of likely N-dealkylation sites (tertiary alicyclic amines) is 1. The molecular weight excluding hydrogens is 456 g/mol. The SMILES string of the molecule is CC(O)[C@H]1C(=O)N2C(C(=O)O)=C(S[C@@H]3CCN(CC4CNCCN4S(C)(=O)=O)C3)[C@H](C)[C@H]12. The van der Waals surface area contributed by atoms with Gasteiger partial charge >= 0.3 is 5.97 Å². The van der Waals surface area contributed by atoms with E-state index in [1.807, 2.05) is 6.92 Å². The Morgan fingerprint density at radius 2 is 2.06 bits per heavy atom. The Bertz CT molecular complexity index is 923. The summed E-state index contributed by atoms with van der Waals surface area (Å²) in [5.74, 6) is -2.12. The molecule has 0 aromatic carbocycles. The van der Waals surface area contributed by atoms with Gasteiger partial charge in [0, 0.05) is 54.8 Å². The molecule has 3 fully saturated rings. The number of aliphatic hydroxyl groups is 1. The van der Waals surface area contributed by atoms with Gasteiger partial charge in [0.05, 0.1) is 24.3 Å². The van der Waals surface area contributed by atoms with Crippen molar-refractivity contribution in [3.8, 4) is 0 Å². The predicted molar refractivity (Wildman–Crippen MR) is 120 cm³/mol. The number of nitrogens with zero attached hydrogens (tertiary/aromatic N) is 3. The van der Waals surface area contributed by atoms with Crippen molar-refractivity contribution in [1.29, 1.82) is 0 Å². The van der Waals surface area contributed by atoms with Crippen LogP contribution in [0.15, 0.2) is 10.6 Å². The smallest absolute Gasteiger partial charge is 0.353 e. The van der Waals surface area contributed by atoms with Crippen molar-refractivity contribution in [2.24, 2.45) is 11.8 Å². The summed E-state index contributed by atoms with van der Waals surface area (Å²) in [5, 5.41) is 23.2. The van der Waals surface area contributed by atoms with Crippen LogP contribution in [-0.2, 0) is 19.6 Å². The summed E-state index contributed by atoms with van der Waals surface area (Å²) in [6.45, 7) is 7.43. The van der Waals surface area contributed by atoms with Crippen LogP contribution in [0.25, 0.3) is 0 Å². The van der Waals surface area contributed by atoms with Crippen LogP contribution >= 0.6 is 11.8 Å². The number of β-lactam (4-membered cyclic amide) rings is 1. The number of piperazine rings is 1. The third-order valence-corrected chi connectivity index (χ3v) is 9.89. The van der Waals surface area contributed by atoms with Crippen molar-refractivity contribution in [2.45, 2.75) is 43.7 Å². The molecule has 3 N–H and O–H groups in total. The van der Waals surface area contributed by atoms with Crippen molar-refractivity contribution in [2.75, 3.05) is 45.5 Å². The maximum atomic E-state index is 12.5. The zero-order chi connectivity index (χ0) is 23.4. The second-order valence-corrected chi connectivity index (χ2v) is 12.6. The molecule has 0 aliphatic carbocycles. The van der Waals surface area contributed by atoms with Gasteiger partial charge in [0.25, 0.3) is 0 Å². The number of hydrogen-bond acceptors (Lipinski definition) is 8. The number of carboxylic acid groups (broad SMARTS) is 1. The Morgan fingerprint density at radius 1 is 1.34 bits per heavy atom. The lowest BCUT2D eigenvalue weighted by Crippen LogP contribution is -2.63. The third-order valence-electron chi connectivity index (χ3n) is 7.03. The van der Waals surface area contributed by atoms with Crippen LogP contribution in [0.5, 0.6) is 0 Å². The highest BCUT2D eigenvalue weighted by Gasteiger charge is 2.60. The Hall–Kier alpha value is -1.18. The zero-order valence-corrected chi connectivity index (χ0v) is 20.2. The Kier molecular flexibility index (Phi) is 6.65. The summed E-state index contributed by atoms with van der Waals surface area (Å²) in [6, 6.07) is -0.418. The van der Waals surface area contributed by atoms with Gasteiger partial charge in [-0.05, 0) is 19.9 Å². The minimum Gasteiger partial charge on any atom is -0.477 e. The van der Waals surface area contributed by atoms with Gasteiger partial charge in [-0.1, -0.05) is 6.92 Å². The van der Waals surface area contributed by atoms with Crippen LogP contribution < -0.4 is 5.32 Å². The number of rotatable bonds is 7. The molecule has 6 atom stereocenters. The monoisotopic (exact) mass is 488 g/mol. The van der Waals surface area contributed by atoms with Gasteiger partial charge in [0.2, 0.25) is 15.9 Å². The predicted octanol–water partition coefficient (Wildman–Crippen LogP) is -0.819. The first-order valence-electron chi connectivity index (χ1n) is 11.1. The van der Waals surface area contributed by atoms with Gasteiger partial charge in [-0.25, -0.2) is 13.2 Å². The molecule has 4 heterocycles. The van der Waals surface area contributed by atoms with Crippen molar-refractivity contribution in [3.63, 3.8) is 0 Å². The molecule has 12 heteroatoms. The Morgan fingerprint density at radius 3 is 2.69 bits per heavy atom. The van der Waals surface area contributed by atoms with Crippen LogP contribution in [0.3, 0.4) is 0 Å². The van der Waals surface area contributed by atoms with Gasteiger partial charge < -0.3 is 25.3 Å². The molecular formula is C20H32N4O6S2. The van der Waals surface area contributed by atoms with Crippen LogP contribution in [-0.4, -0.2) is 114 Å². The molecule has 0 spiro atoms. The van der Waals surface area contributed by atoms with Crippen molar-refractivity contribution in [1.82, 2.24) is 19.4 Å². The summed E-state index contributed by atoms with van der Waals surface area (Å²) in [4.78, 5) is 28.8. The number of amides is 1. The lowest BCUT2D eigenvalue weighted by Gasteiger charge is -2.46. The van der Waals surface area contributed by atoms with Crippen LogP contribution in [0, 0.1) is 11.8 Å². The number of aliphatic carboxylic acids is 1. The van der Waals surface area contributed by atoms with E-state index < -0.39 is 28.0 Å². The van der Waals surface area contributed by atoms with E-state index in [0.717, 1.165) is 19.5 Å². The second-order valence-electron chi connectivity index (χ2n) is 9.29. The third kappa shape index (κ3) is 4.21. The molecule has 0 aromatic heterocycles. The molecule has 1 amide bonds. The van der Waals surface area contributed by atoms with E-state index in [0.29, 0.717) is 31.1 Å². The molecule has 0 aromatic rings. The second kappa shape index (κ2) is 8.88. The van der Waals surface area contributed by atoms with Gasteiger partial charge in [-0.2, -0.15) is 4.31 Å². The van der Waals surface area contributed by atoms with Gasteiger partial charge in [0.1, 0.15) is 5.70 Å². The summed E-state index contributed by atoms with van der Waals surface area (Å²) in [5.41, 5.74) is 0.0626. The largest absolute Gasteiger partial charge is 0.477 e. The highest BCUT2D eigenvalue weighted by molar-refractivity contribution is 8.03. The first-order chi connectivity index (χ1) is 15.0. The molecule has 4 rings (SSSR count). The topological polar surface area (TPSA) is 130 Å². The highest BCUT2D eigenvalue weighted by Crippen LogP contribution is 2.51. The van der Waals surface area contributed by atoms with Crippen LogP contribution in [0.4, 0.5) is 0 Å². The van der Waals surface area contributed by atoms with E-state index in [2.05, 4.69) is 10.2 Å². The molecule has 10 nitrogen and oxygen atoms in total. The van der Waals surface area contributed by atoms with Crippen molar-refractivity contribution < 1.29 is 28.2 Å². The van der Waals surface area contributed by atoms with Gasteiger partial charge in [0.15, 0.2) is 0 Å². The minimum absolute atomic E-state index is 0.0626. The molecule has 180 valence electrons. The van der Waals surface area contributed by atoms with E-state index >= 15 is 0 Å². The molecule has 2 unspecified atom stereocenters. The first-order valence-corrected chi connectivity index (χ1v) is 13.8. The summed E-state index contributed by atoms with van der Waals surface area (Å²) in [6.07, 6.45) is 1.31. The summed E-state index contributed by atoms with van der Waals surface area (Å²) < 4.78 is 25.8. The Balaban J connectivity index is 1.43. The maximum absolute atomic E-state index is 12.5. The number of thioether (sulfide) groups is 1. The molecule has 32 heavy (non-hydrogen) atoms. The van der Waals surface area contributed by atoms with Crippen LogP contribution in [0.1, 0.15) is 20.3 Å². The van der Waals surface area contributed by atoms with Crippen molar-refractivity contribution in [3.05, 3.63) is 10.6 Å². The number of carboxylic acids is 1. The lowest BCUT2D eigenvalue weighted by molar-refractivity contribution is -0.163. The number of hydrogen-bond donors (Lipinski definition) is 3. The summed E-state index contributed by atoms with van der Waals surface area (Å²) >= 11 is 1.53. The highest BCUT2D eigenvalue weighted by atomic mass is 32.2. The zero-order valence-electron chi connectivity index (χ0n) is 18.6. The normalized spacial score (nSPS) is 35.2. The standard InChI is InChI=1S/C20H32N4O6S2/c1-11-16-15(12(2)25)19(26)24(16)17(20(27)28)18(11)31-14-4-6-22(10-14)9-13-8-21-5-7-23(13)32(3,29)30/h11-16,21,25H,4-10H2,1-3H3,(H,27,28)/t11-,12?,13?,14-,15-,16-/m1/s1. The quantitative estimate of drug-likeness (QED) is 0.394. The van der Waals surface area contributed by atoms with E-state index in [1.54, 1.807) is 11.2 Å². The number of nitrogens with one attached hydrogen (secondary N) is 1. The van der Waals surface area contributed by atoms with Crippen LogP contribution in [0.2, 0.25) is 0 Å². The van der Waals surface area contributed by atoms with E-state index in [-0.39, 0.29) is 34.9 Å². The van der Waals surface area contributed by atoms with Gasteiger partial charge in [-0.15, -0.1) is 11.8 Å². The van der Waals surface area contributed by atoms with E-state index in [1.165, 1.54) is 22.9 Å². The molecule has 3 saturated heterocycles. The Labute approximate surface area is 193 Å². The molecule has 0 radical (unpaired) electrons. The fraction of sp³-hybridized carbons (Fsp3) is 0.800. The summed E-state index contributed by atoms with van der Waals surface area (Å²) in [7, 11) is -3.27. The number of aliphatic hydroxyl groups excluding tert-OH is 1.